The lowest BCUT2D eigenvalue weighted by atomic mass is 10.1. The van der Waals surface area contributed by atoms with Crippen LogP contribution in [0.4, 0.5) is 0 Å². The van der Waals surface area contributed by atoms with Gasteiger partial charge in [-0.2, -0.15) is 0 Å². The van der Waals surface area contributed by atoms with Crippen molar-refractivity contribution in [3.8, 4) is 22.3 Å². The number of hydrogen-bond donors (Lipinski definition) is 0. The Morgan fingerprint density at radius 3 is 1.00 bits per heavy atom. The number of rotatable bonds is 21. The molecular formula is C60H62N8S2+4. The van der Waals surface area contributed by atoms with Crippen LogP contribution in [0.2, 0.25) is 0 Å². The molecule has 10 rings (SSSR count). The number of aryl methyl sites for hydroxylation is 8. The summed E-state index contributed by atoms with van der Waals surface area (Å²) in [5, 5.41) is 10.00. The third-order valence-electron chi connectivity index (χ3n) is 13.2. The quantitative estimate of drug-likeness (QED) is 0.0392. The smallest absolute Gasteiger partial charge is 0.211 e. The standard InChI is InChI=1S/C60H62N8S2/c1-3-17-49(18-4-1)21-15-37-65-45-31-53(32-46-65)51-27-41-63(42-28-51)35-11-13-39-67-55-23-7-9-25-57(55)69-59(67)61-62-60-68(56-24-8-10-26-58(56)70-60)40-14-12-36-64-43-29-52(30-44-64)54-33-47-66(48-34-54)38-16-22-50-19-5-2-6-20-50/h1-10,17-20,23-34,41-48H,11-16,21-22,35-40H2/q+4/b61-59-,62-60-. The average Bonchev–Trinajstić information content (AvgIpc) is 3.96. The van der Waals surface area contributed by atoms with E-state index in [0.717, 1.165) is 100 Å². The minimum absolute atomic E-state index is 0.887. The van der Waals surface area contributed by atoms with Gasteiger partial charge < -0.3 is 9.13 Å². The Balaban J connectivity index is 0.735. The van der Waals surface area contributed by atoms with E-state index < -0.39 is 0 Å². The Morgan fingerprint density at radius 1 is 0.329 bits per heavy atom. The molecule has 6 aromatic heterocycles. The largest absolute Gasteiger partial charge is 0.315 e. The van der Waals surface area contributed by atoms with Crippen LogP contribution in [-0.4, -0.2) is 9.13 Å². The summed E-state index contributed by atoms with van der Waals surface area (Å²) >= 11 is 3.44. The lowest BCUT2D eigenvalue weighted by molar-refractivity contribution is -0.697. The Bertz CT molecular complexity index is 3130. The lowest BCUT2D eigenvalue weighted by Crippen LogP contribution is -2.33. The molecule has 350 valence electrons. The highest BCUT2D eigenvalue weighted by Crippen LogP contribution is 2.21. The number of nitrogens with zero attached hydrogens (tertiary/aromatic N) is 8. The van der Waals surface area contributed by atoms with Crippen LogP contribution >= 0.6 is 22.7 Å². The maximum absolute atomic E-state index is 5.00. The minimum Gasteiger partial charge on any atom is -0.315 e. The molecule has 0 radical (unpaired) electrons. The highest BCUT2D eigenvalue weighted by Gasteiger charge is 2.12. The summed E-state index contributed by atoms with van der Waals surface area (Å²) in [7, 11) is 0. The molecule has 70 heavy (non-hydrogen) atoms. The van der Waals surface area contributed by atoms with Gasteiger partial charge in [0.15, 0.2) is 49.6 Å². The summed E-state index contributed by atoms with van der Waals surface area (Å²) in [6.45, 7) is 5.74. The molecule has 0 fully saturated rings. The van der Waals surface area contributed by atoms with Crippen LogP contribution in [0.5, 0.6) is 0 Å². The summed E-state index contributed by atoms with van der Waals surface area (Å²) in [5.74, 6) is 0. The minimum atomic E-state index is 0.887. The fourth-order valence-corrected chi connectivity index (χ4v) is 11.3. The van der Waals surface area contributed by atoms with Gasteiger partial charge in [-0.25, -0.2) is 18.3 Å². The first-order valence-electron chi connectivity index (χ1n) is 25.0. The Morgan fingerprint density at radius 2 is 0.643 bits per heavy atom. The fraction of sp³-hybridized carbons (Fsp3) is 0.233. The highest BCUT2D eigenvalue weighted by molar-refractivity contribution is 7.16. The zero-order valence-electron chi connectivity index (χ0n) is 39.9. The second kappa shape index (κ2) is 23.4. The van der Waals surface area contributed by atoms with E-state index >= 15 is 0 Å². The van der Waals surface area contributed by atoms with Crippen LogP contribution in [0, 0.1) is 0 Å². The zero-order chi connectivity index (χ0) is 47.2. The first-order valence-corrected chi connectivity index (χ1v) is 26.6. The van der Waals surface area contributed by atoms with Crippen molar-refractivity contribution in [3.05, 3.63) is 228 Å². The van der Waals surface area contributed by atoms with Crippen molar-refractivity contribution in [2.45, 2.75) is 90.6 Å². The number of pyridine rings is 4. The lowest BCUT2D eigenvalue weighted by Gasteiger charge is -2.05. The Hall–Kier alpha value is -7.14. The fourth-order valence-electron chi connectivity index (χ4n) is 9.26. The van der Waals surface area contributed by atoms with E-state index in [4.69, 9.17) is 10.2 Å². The van der Waals surface area contributed by atoms with Gasteiger partial charge in [0.05, 0.1) is 20.4 Å². The number of fused-ring (bicyclic) bond motifs is 2. The molecule has 0 saturated carbocycles. The summed E-state index contributed by atoms with van der Waals surface area (Å²) in [6, 6.07) is 56.7. The van der Waals surface area contributed by atoms with Gasteiger partial charge in [-0.3, -0.25) is 0 Å². The topological polar surface area (TPSA) is 50.1 Å². The number of benzene rings is 4. The SMILES string of the molecule is c1ccc(CCC[n+]2ccc(-c3cc[n+](CCCCn4/c(=N/N=c5\sc6ccccc6n5CCCC[n+]5ccc(-c6cc[n+](CCCc7ccccc7)cc6)cc5)sc5ccccc54)cc3)cc2)cc1. The molecule has 0 bridgehead atoms. The summed E-state index contributed by atoms with van der Waals surface area (Å²) < 4.78 is 16.4. The molecular weight excluding hydrogens is 897 g/mol. The van der Waals surface area contributed by atoms with Crippen LogP contribution in [-0.2, 0) is 52.1 Å². The number of para-hydroxylation sites is 2. The van der Waals surface area contributed by atoms with Gasteiger partial charge in [-0.15, -0.1) is 10.2 Å². The first kappa shape index (κ1) is 46.6. The van der Waals surface area contributed by atoms with E-state index in [1.54, 1.807) is 22.7 Å². The van der Waals surface area contributed by atoms with Crippen molar-refractivity contribution < 1.29 is 18.3 Å². The third-order valence-corrected chi connectivity index (χ3v) is 15.3. The molecule has 0 unspecified atom stereocenters. The molecule has 0 amide bonds. The van der Waals surface area contributed by atoms with E-state index in [1.165, 1.54) is 53.8 Å². The molecule has 0 saturated heterocycles. The molecule has 0 spiro atoms. The number of thiazole rings is 2. The Kier molecular flexibility index (Phi) is 15.6. The maximum atomic E-state index is 5.00. The van der Waals surface area contributed by atoms with E-state index in [1.807, 2.05) is 0 Å². The van der Waals surface area contributed by atoms with Gasteiger partial charge in [-0.1, -0.05) is 108 Å². The molecule has 0 aliphatic heterocycles. The number of aromatic nitrogens is 6. The molecule has 0 aliphatic rings. The van der Waals surface area contributed by atoms with Crippen molar-refractivity contribution in [2.24, 2.45) is 10.2 Å². The van der Waals surface area contributed by atoms with Crippen molar-refractivity contribution in [1.29, 1.82) is 0 Å². The first-order chi connectivity index (χ1) is 34.7. The van der Waals surface area contributed by atoms with E-state index in [9.17, 15) is 0 Å². The molecule has 4 aromatic carbocycles. The third kappa shape index (κ3) is 12.2. The maximum Gasteiger partial charge on any atom is 0.211 e. The molecule has 0 N–H and O–H groups in total. The molecule has 6 heterocycles. The van der Waals surface area contributed by atoms with Crippen LogP contribution in [0.15, 0.2) is 218 Å². The van der Waals surface area contributed by atoms with Crippen LogP contribution in [0.3, 0.4) is 0 Å². The summed E-state index contributed by atoms with van der Waals surface area (Å²) in [5.41, 5.74) is 10.2. The second-order valence-corrected chi connectivity index (χ2v) is 20.1. The predicted octanol–water partition coefficient (Wildman–Crippen LogP) is 10.8. The van der Waals surface area contributed by atoms with Crippen LogP contribution in [0.25, 0.3) is 42.7 Å². The molecule has 8 nitrogen and oxygen atoms in total. The summed E-state index contributed by atoms with van der Waals surface area (Å²) in [4.78, 5) is 1.88. The Labute approximate surface area is 419 Å². The van der Waals surface area contributed by atoms with Gasteiger partial charge in [0.2, 0.25) is 9.60 Å². The average molecular weight is 959 g/mol. The van der Waals surface area contributed by atoms with Gasteiger partial charge in [0.25, 0.3) is 0 Å². The van der Waals surface area contributed by atoms with Crippen molar-refractivity contribution in [3.63, 3.8) is 0 Å². The number of hydrogen-bond acceptors (Lipinski definition) is 4. The summed E-state index contributed by atoms with van der Waals surface area (Å²) in [6.07, 6.45) is 26.4. The molecule has 0 aliphatic carbocycles. The van der Waals surface area contributed by atoms with E-state index in [2.05, 4.69) is 235 Å². The monoisotopic (exact) mass is 958 g/mol. The van der Waals surface area contributed by atoms with Gasteiger partial charge in [-0.05, 0) is 83.3 Å². The van der Waals surface area contributed by atoms with Gasteiger partial charge >= 0.3 is 0 Å². The number of unbranched alkanes of at least 4 members (excludes halogenated alkanes) is 2. The van der Waals surface area contributed by atoms with Crippen molar-refractivity contribution in [1.82, 2.24) is 9.13 Å². The van der Waals surface area contributed by atoms with Crippen molar-refractivity contribution in [2.75, 3.05) is 0 Å². The van der Waals surface area contributed by atoms with E-state index in [-0.39, 0.29) is 0 Å². The molecule has 0 atom stereocenters. The van der Waals surface area contributed by atoms with Gasteiger partial charge in [0, 0.05) is 87.3 Å². The van der Waals surface area contributed by atoms with Crippen molar-refractivity contribution >= 4 is 43.1 Å². The second-order valence-electron chi connectivity index (χ2n) is 18.1. The molecule has 10 aromatic rings. The highest BCUT2D eigenvalue weighted by atomic mass is 32.1. The predicted molar refractivity (Wildman–Crippen MR) is 283 cm³/mol. The van der Waals surface area contributed by atoms with Crippen LogP contribution < -0.4 is 27.9 Å². The van der Waals surface area contributed by atoms with E-state index in [0.29, 0.717) is 0 Å². The normalized spacial score (nSPS) is 12.1. The van der Waals surface area contributed by atoms with Gasteiger partial charge in [0.1, 0.15) is 26.2 Å². The van der Waals surface area contributed by atoms with Crippen LogP contribution in [0.1, 0.15) is 49.7 Å². The molecule has 10 heteroatoms. The zero-order valence-corrected chi connectivity index (χ0v) is 41.6.